The van der Waals surface area contributed by atoms with Gasteiger partial charge in [-0.25, -0.2) is 14.6 Å². The molecule has 120 heavy (non-hydrogen) atoms. The van der Waals surface area contributed by atoms with Crippen molar-refractivity contribution in [3.8, 4) is 17.2 Å². The number of nitrogens with one attached hydrogen (secondary N) is 2. The van der Waals surface area contributed by atoms with Gasteiger partial charge in [0.15, 0.2) is 4.30 Å². The van der Waals surface area contributed by atoms with Gasteiger partial charge >= 0.3 is 6.03 Å². The molecule has 3 heterocycles. The molecule has 0 radical (unpaired) electrons. The number of benzene rings is 9. The van der Waals surface area contributed by atoms with E-state index in [2.05, 4.69) is 117 Å². The molecule has 9 aromatic carbocycles. The van der Waals surface area contributed by atoms with Crippen LogP contribution in [0.4, 0.5) is 4.79 Å². The van der Waals surface area contributed by atoms with Crippen molar-refractivity contribution in [2.45, 2.75) is 157 Å². The van der Waals surface area contributed by atoms with E-state index < -0.39 is 110 Å². The molecule has 13 N–H and O–H groups in total. The Morgan fingerprint density at radius 1 is 0.475 bits per heavy atom. The van der Waals surface area contributed by atoms with Gasteiger partial charge in [-0.15, -0.1) is 0 Å². The summed E-state index contributed by atoms with van der Waals surface area (Å²) in [5, 5.41) is 107. The second-order valence-electron chi connectivity index (χ2n) is 27.1. The van der Waals surface area contributed by atoms with Crippen LogP contribution in [-0.2, 0) is 38.3 Å². The lowest BCUT2D eigenvalue weighted by atomic mass is 9.90. The third-order valence-electron chi connectivity index (χ3n) is 18.8. The number of carbonyl (C=O) groups is 1. The Kier molecular flexibility index (Phi) is 44.6. The first-order chi connectivity index (χ1) is 57.3. The molecule has 3 aliphatic rings. The third-order valence-corrected chi connectivity index (χ3v) is 22.4. The van der Waals surface area contributed by atoms with E-state index in [4.69, 9.17) is 114 Å². The topological polar surface area (TPSA) is 383 Å². The second kappa shape index (κ2) is 53.1. The number of halogens is 6. The number of nitrogens with two attached hydrogens (primary N) is 1. The smallest absolute Gasteiger partial charge is 0.314 e. The average molecular weight is 1790 g/mol. The molecule has 3 saturated heterocycles. The van der Waals surface area contributed by atoms with Crippen LogP contribution in [-0.4, -0.2) is 188 Å². The number of hydrogen-bond donors (Lipinski definition) is 12. The number of rotatable bonds is 25. The van der Waals surface area contributed by atoms with E-state index >= 15 is 0 Å². The summed E-state index contributed by atoms with van der Waals surface area (Å²) in [6.07, 6.45) is -14.2. The van der Waals surface area contributed by atoms with Gasteiger partial charge in [-0.05, 0) is 188 Å². The van der Waals surface area contributed by atoms with Crippen LogP contribution >= 0.6 is 77.5 Å². The predicted molar refractivity (Wildman–Crippen MR) is 475 cm³/mol. The number of aliphatic hydroxyl groups excluding tert-OH is 9. The van der Waals surface area contributed by atoms with Crippen LogP contribution in [0.25, 0.3) is 10.4 Å². The summed E-state index contributed by atoms with van der Waals surface area (Å²) < 4.78 is 33.1. The molecular formula is C89H106Cl6N7O17P. The minimum atomic E-state index is -1.44. The molecule has 0 spiro atoms. The van der Waals surface area contributed by atoms with E-state index in [1.807, 2.05) is 112 Å². The quantitative estimate of drug-likeness (QED) is 0.00481. The number of nitrogens with zero attached hydrogens (tertiary/aromatic N) is 4. The molecule has 31 heteroatoms. The molecular weight excluding hydrogens is 1680 g/mol. The lowest BCUT2D eigenvalue weighted by Gasteiger charge is -2.41. The summed E-state index contributed by atoms with van der Waals surface area (Å²) in [6.45, 7) is 12.0. The minimum Gasteiger partial charge on any atom is -0.494 e. The van der Waals surface area contributed by atoms with Gasteiger partial charge in [-0.2, -0.15) is 0 Å². The Balaban J connectivity index is 0.000000242. The van der Waals surface area contributed by atoms with Gasteiger partial charge < -0.3 is 90.7 Å². The minimum absolute atomic E-state index is 0. The first-order valence-electron chi connectivity index (χ1n) is 38.5. The second-order valence-corrected chi connectivity index (χ2v) is 32.5. The van der Waals surface area contributed by atoms with Crippen LogP contribution in [0.5, 0.6) is 17.2 Å². The molecule has 646 valence electrons. The average Bonchev–Trinajstić information content (AvgIpc) is 0.794. The van der Waals surface area contributed by atoms with E-state index in [1.54, 1.807) is 50.2 Å². The Morgan fingerprint density at radius 2 is 0.792 bits per heavy atom. The first-order valence-corrected chi connectivity index (χ1v) is 42.3. The molecule has 12 rings (SSSR count). The molecule has 15 atom stereocenters. The molecule has 9 aromatic rings. The molecule has 0 saturated carbocycles. The van der Waals surface area contributed by atoms with Crippen LogP contribution < -0.4 is 46.5 Å². The standard InChI is InChI=1S/C24H31ClN2O6.C21H24ClN3O5.C21H26ClNO5.C18H15P.C3H5NO.CHCl3.CH4/c1-3-26-24(31)27-13-19-20(28)21(29)22(30)23(33-19)15-7-10-18(25)16(12-15)11-14-5-8-17(9-6-14)32-4-2;1-2-29-15-6-3-12(4-7-15)9-14-10-13(5-8-16(14)22)21-20(28)19(27)18(26)17(30-21)11-24-25-23;1-2-27-15-6-3-12(4-7-15)9-14-10-13(5-8-16(14)22)21-20(26)19(25)18(24)17(11-23)28-21;1-4-10-16(11-5-1)19(17-12-6-2-7-13-17)18-14-8-3-9-15-18;1-2-4-3-5;2-1(3)4;/h5-10,12,19-23,28-30H,3-4,11,13H2,1-2H3,(H2,26,27,31);3-8,10,17-21,26-28H,2,9,11H2,1H3;3-8,10,17-21,24-26H,2,9,11,23H2,1H3;1-15H;2H2,1H3;1H;1H4/t19-,20-,21+,22-,23+;2*17-,18-,19+,20-,21+;;;;/m111..../s1. The molecule has 24 nitrogen and oxygen atoms in total. The lowest BCUT2D eigenvalue weighted by molar-refractivity contribution is -0.222. The highest BCUT2D eigenvalue weighted by Crippen LogP contribution is 2.39. The summed E-state index contributed by atoms with van der Waals surface area (Å²) in [5.74, 6) is 2.39. The Morgan fingerprint density at radius 3 is 1.08 bits per heavy atom. The van der Waals surface area contributed by atoms with Crippen LogP contribution in [0.3, 0.4) is 0 Å². The van der Waals surface area contributed by atoms with Gasteiger partial charge in [0.05, 0.1) is 38.6 Å². The van der Waals surface area contributed by atoms with Gasteiger partial charge in [0, 0.05) is 46.2 Å². The van der Waals surface area contributed by atoms with E-state index in [0.29, 0.717) is 83.9 Å². The van der Waals surface area contributed by atoms with Gasteiger partial charge in [0.1, 0.15) is 96.6 Å². The number of isocyanates is 1. The molecule has 0 aliphatic carbocycles. The maximum Gasteiger partial charge on any atom is 0.314 e. The SMILES string of the molecule is C.CCN=C=O.CCNC(=O)NC[C@H]1O[C@@H](c2ccc(Cl)c(Cc3ccc(OCC)cc3)c2)[C@H](O)[C@@H](O)[C@@H]1O.CCOc1ccc(Cc2cc([C@@H]3O[C@H](CN)[C@@H](O)[C@H](O)[C@H]3O)ccc2Cl)cc1.CCOc1ccc(Cc2cc([C@@H]3O[C@H](CN=[N+]=[N-])[C@@H](O)[C@H](O)[C@H]3O)ccc2Cl)cc1.ClC(Cl)Cl.c1ccc(P(c2ccccc2)c2ccccc2)cc1. The summed E-state index contributed by atoms with van der Waals surface area (Å²) in [5.41, 5.74) is 21.7. The normalized spacial score (nSPS) is 22.0. The predicted octanol–water partition coefficient (Wildman–Crippen LogP) is 13.6. The highest BCUT2D eigenvalue weighted by atomic mass is 35.6. The maximum atomic E-state index is 11.7. The zero-order valence-corrected chi connectivity index (χ0v) is 71.6. The zero-order chi connectivity index (χ0) is 86.5. The number of ether oxygens (including phenoxy) is 6. The number of urea groups is 1. The van der Waals surface area contributed by atoms with Crippen molar-refractivity contribution in [2.24, 2.45) is 15.8 Å². The molecule has 2 amide bonds. The number of alkyl halides is 3. The number of aliphatic hydroxyl groups is 9. The van der Waals surface area contributed by atoms with Crippen LogP contribution in [0, 0.1) is 0 Å². The van der Waals surface area contributed by atoms with E-state index in [1.165, 1.54) is 22.0 Å². The van der Waals surface area contributed by atoms with Gasteiger partial charge in [-0.3, -0.25) is 0 Å². The van der Waals surface area contributed by atoms with E-state index in [0.717, 1.165) is 50.6 Å². The number of aliphatic imine (C=N–C) groups is 1. The van der Waals surface area contributed by atoms with Crippen molar-refractivity contribution in [3.63, 3.8) is 0 Å². The van der Waals surface area contributed by atoms with Crippen LogP contribution in [0.15, 0.2) is 228 Å². The van der Waals surface area contributed by atoms with E-state index in [-0.39, 0.29) is 27.1 Å². The summed E-state index contributed by atoms with van der Waals surface area (Å²) in [7, 11) is -0.446. The van der Waals surface area contributed by atoms with Crippen molar-refractivity contribution in [2.75, 3.05) is 52.5 Å². The summed E-state index contributed by atoms with van der Waals surface area (Å²) in [6, 6.07) is 70.9. The van der Waals surface area contributed by atoms with Crippen molar-refractivity contribution in [1.82, 2.24) is 10.6 Å². The van der Waals surface area contributed by atoms with Gasteiger partial charge in [-0.1, -0.05) is 246 Å². The fraction of sp³-hybridized carbons (Fsp3) is 0.371. The van der Waals surface area contributed by atoms with Crippen molar-refractivity contribution in [3.05, 3.63) is 294 Å². The molecule has 3 aliphatic heterocycles. The fourth-order valence-corrected chi connectivity index (χ4v) is 15.8. The zero-order valence-electron chi connectivity index (χ0n) is 66.2. The Hall–Kier alpha value is -8.01. The third kappa shape index (κ3) is 30.8. The van der Waals surface area contributed by atoms with Crippen LogP contribution in [0.2, 0.25) is 15.1 Å². The van der Waals surface area contributed by atoms with Crippen LogP contribution in [0.1, 0.15) is 110 Å². The number of azide groups is 1. The van der Waals surface area contributed by atoms with E-state index in [9.17, 15) is 50.8 Å². The highest BCUT2D eigenvalue weighted by Gasteiger charge is 2.47. The number of hydrogen-bond acceptors (Lipinski definition) is 20. The first kappa shape index (κ1) is 101. The van der Waals surface area contributed by atoms with Gasteiger partial charge in [0.25, 0.3) is 0 Å². The van der Waals surface area contributed by atoms with Gasteiger partial charge in [0.2, 0.25) is 6.08 Å². The van der Waals surface area contributed by atoms with Crippen molar-refractivity contribution >= 4 is 106 Å². The molecule has 0 bridgehead atoms. The molecule has 0 unspecified atom stereocenters. The largest absolute Gasteiger partial charge is 0.494 e. The molecule has 0 aromatic heterocycles. The highest BCUT2D eigenvalue weighted by molar-refractivity contribution is 7.79. The lowest BCUT2D eigenvalue weighted by Crippen LogP contribution is -2.57. The Labute approximate surface area is 732 Å². The fourth-order valence-electron chi connectivity index (χ4n) is 13.0. The van der Waals surface area contributed by atoms with Crippen molar-refractivity contribution in [1.29, 1.82) is 0 Å². The molecule has 3 fully saturated rings. The van der Waals surface area contributed by atoms with Crippen molar-refractivity contribution < 1.29 is 84.0 Å². The number of carbonyl (C=O) groups excluding carboxylic acids is 2. The summed E-state index contributed by atoms with van der Waals surface area (Å²) >= 11 is 33.6. The number of amides is 2. The monoisotopic (exact) mass is 1790 g/mol. The Bertz CT molecular complexity index is 4480. The maximum absolute atomic E-state index is 11.7. The summed E-state index contributed by atoms with van der Waals surface area (Å²) in [4.78, 5) is 26.6.